The van der Waals surface area contributed by atoms with E-state index in [1.165, 1.54) is 0 Å². The molecule has 0 saturated carbocycles. The van der Waals surface area contributed by atoms with Crippen LogP contribution in [0.15, 0.2) is 12.2 Å². The third-order valence-corrected chi connectivity index (χ3v) is 6.47. The molecule has 132 valence electrons. The minimum absolute atomic E-state index is 0.00831. The number of rotatable bonds is 10. The number of carboxylic acid groups (broad SMARTS) is 1. The highest BCUT2D eigenvalue weighted by atomic mass is 32.2. The number of sulfone groups is 1. The predicted octanol–water partition coefficient (Wildman–Crippen LogP) is 1.39. The molecule has 7 heteroatoms. The van der Waals surface area contributed by atoms with Gasteiger partial charge in [-0.2, -0.15) is 0 Å². The van der Waals surface area contributed by atoms with Crippen molar-refractivity contribution in [3.63, 3.8) is 0 Å². The van der Waals surface area contributed by atoms with Crippen LogP contribution in [-0.2, 0) is 19.4 Å². The summed E-state index contributed by atoms with van der Waals surface area (Å²) in [7, 11) is -3.24. The fourth-order valence-electron chi connectivity index (χ4n) is 3.69. The molecule has 0 amide bonds. The van der Waals surface area contributed by atoms with Gasteiger partial charge in [0.05, 0.1) is 30.3 Å². The van der Waals surface area contributed by atoms with Crippen molar-refractivity contribution in [2.45, 2.75) is 50.7 Å². The highest BCUT2D eigenvalue weighted by molar-refractivity contribution is 7.91. The van der Waals surface area contributed by atoms with Gasteiger partial charge >= 0.3 is 5.97 Å². The van der Waals surface area contributed by atoms with Crippen LogP contribution in [-0.4, -0.2) is 54.9 Å². The van der Waals surface area contributed by atoms with Gasteiger partial charge in [0.1, 0.15) is 0 Å². The fourth-order valence-corrected chi connectivity index (χ4v) is 5.18. The van der Waals surface area contributed by atoms with Gasteiger partial charge in [0.2, 0.25) is 0 Å². The molecule has 2 fully saturated rings. The van der Waals surface area contributed by atoms with E-state index in [0.29, 0.717) is 6.42 Å². The quantitative estimate of drug-likeness (QED) is 0.458. The van der Waals surface area contributed by atoms with Crippen molar-refractivity contribution in [1.29, 1.82) is 0 Å². The monoisotopic (exact) mass is 346 g/mol. The van der Waals surface area contributed by atoms with Gasteiger partial charge in [-0.3, -0.25) is 4.79 Å². The molecule has 2 rings (SSSR count). The molecule has 2 bridgehead atoms. The lowest BCUT2D eigenvalue weighted by molar-refractivity contribution is -0.137. The third-order valence-electron chi connectivity index (χ3n) is 4.78. The van der Waals surface area contributed by atoms with Gasteiger partial charge in [-0.05, 0) is 38.0 Å². The van der Waals surface area contributed by atoms with Crippen LogP contribution in [0.25, 0.3) is 0 Å². The van der Waals surface area contributed by atoms with E-state index < -0.39 is 15.8 Å². The summed E-state index contributed by atoms with van der Waals surface area (Å²) in [6.07, 6.45) is 8.36. The van der Waals surface area contributed by atoms with Crippen molar-refractivity contribution in [2.75, 3.05) is 18.1 Å². The van der Waals surface area contributed by atoms with E-state index in [-0.39, 0.29) is 48.6 Å². The molecule has 0 spiro atoms. The summed E-state index contributed by atoms with van der Waals surface area (Å²) in [5, 5.41) is 17.5. The number of aliphatic carboxylic acids is 1. The van der Waals surface area contributed by atoms with E-state index in [1.807, 2.05) is 12.2 Å². The van der Waals surface area contributed by atoms with Crippen LogP contribution in [0.5, 0.6) is 0 Å². The van der Waals surface area contributed by atoms with Crippen LogP contribution in [0.1, 0.15) is 38.5 Å². The van der Waals surface area contributed by atoms with E-state index in [4.69, 9.17) is 14.9 Å². The van der Waals surface area contributed by atoms with Crippen LogP contribution in [0.3, 0.4) is 0 Å². The minimum atomic E-state index is -3.24. The largest absolute Gasteiger partial charge is 0.481 e. The van der Waals surface area contributed by atoms with E-state index in [1.54, 1.807) is 0 Å². The summed E-state index contributed by atoms with van der Waals surface area (Å²) < 4.78 is 29.9. The van der Waals surface area contributed by atoms with Crippen LogP contribution in [0.2, 0.25) is 0 Å². The van der Waals surface area contributed by atoms with Gasteiger partial charge in [0, 0.05) is 12.3 Å². The molecule has 2 saturated heterocycles. The van der Waals surface area contributed by atoms with E-state index >= 15 is 0 Å². The molecule has 6 nitrogen and oxygen atoms in total. The van der Waals surface area contributed by atoms with E-state index in [0.717, 1.165) is 25.7 Å². The molecule has 0 aromatic heterocycles. The number of carbonyl (C=O) groups is 1. The second-order valence-corrected chi connectivity index (χ2v) is 8.68. The lowest BCUT2D eigenvalue weighted by Gasteiger charge is -2.26. The average Bonchev–Trinajstić information content (AvgIpc) is 3.04. The lowest BCUT2D eigenvalue weighted by Crippen LogP contribution is -2.33. The second kappa shape index (κ2) is 8.26. The van der Waals surface area contributed by atoms with E-state index in [9.17, 15) is 13.2 Å². The number of hydrogen-bond donors (Lipinski definition) is 2. The summed E-state index contributed by atoms with van der Waals surface area (Å²) >= 11 is 0. The van der Waals surface area contributed by atoms with Gasteiger partial charge in [-0.25, -0.2) is 8.42 Å². The Kier molecular flexibility index (Phi) is 6.61. The molecule has 2 heterocycles. The van der Waals surface area contributed by atoms with Crippen molar-refractivity contribution >= 4 is 15.8 Å². The molecule has 0 aliphatic carbocycles. The number of fused-ring (bicyclic) bond motifs is 2. The maximum absolute atomic E-state index is 12.0. The topological polar surface area (TPSA) is 101 Å². The Morgan fingerprint density at radius 3 is 2.52 bits per heavy atom. The number of carboxylic acids is 1. The van der Waals surface area contributed by atoms with Gasteiger partial charge in [-0.15, -0.1) is 0 Å². The number of allylic oxidation sites excluding steroid dienone is 2. The Balaban J connectivity index is 1.86. The summed E-state index contributed by atoms with van der Waals surface area (Å²) in [5.74, 6) is -0.661. The highest BCUT2D eigenvalue weighted by Crippen LogP contribution is 2.45. The first kappa shape index (κ1) is 18.4. The summed E-state index contributed by atoms with van der Waals surface area (Å²) in [6.45, 7) is -0.335. The van der Waals surface area contributed by atoms with Crippen molar-refractivity contribution < 1.29 is 28.2 Å². The van der Waals surface area contributed by atoms with Crippen LogP contribution in [0.4, 0.5) is 0 Å². The fraction of sp³-hybridized carbons (Fsp3) is 0.812. The first-order chi connectivity index (χ1) is 10.9. The van der Waals surface area contributed by atoms with Crippen LogP contribution >= 0.6 is 0 Å². The van der Waals surface area contributed by atoms with Crippen LogP contribution in [0, 0.1) is 11.8 Å². The first-order valence-electron chi connectivity index (χ1n) is 8.26. The van der Waals surface area contributed by atoms with E-state index in [2.05, 4.69) is 0 Å². The Labute approximate surface area is 137 Å². The normalized spacial score (nSPS) is 30.3. The van der Waals surface area contributed by atoms with Crippen molar-refractivity contribution in [1.82, 2.24) is 0 Å². The Bertz CT molecular complexity index is 527. The molecule has 2 aliphatic rings. The molecule has 4 atom stereocenters. The summed E-state index contributed by atoms with van der Waals surface area (Å²) in [5.41, 5.74) is 0. The molecule has 0 unspecified atom stereocenters. The highest BCUT2D eigenvalue weighted by Gasteiger charge is 2.49. The van der Waals surface area contributed by atoms with Crippen molar-refractivity contribution in [3.05, 3.63) is 12.2 Å². The second-order valence-electron chi connectivity index (χ2n) is 6.45. The predicted molar refractivity (Wildman–Crippen MR) is 85.9 cm³/mol. The first-order valence-corrected chi connectivity index (χ1v) is 10.1. The average molecular weight is 346 g/mol. The smallest absolute Gasteiger partial charge is 0.303 e. The molecular weight excluding hydrogens is 320 g/mol. The number of hydrogen-bond acceptors (Lipinski definition) is 5. The molecule has 0 aromatic carbocycles. The molecule has 23 heavy (non-hydrogen) atoms. The zero-order chi connectivity index (χ0) is 16.9. The summed E-state index contributed by atoms with van der Waals surface area (Å²) in [4.78, 5) is 10.4. The van der Waals surface area contributed by atoms with Crippen molar-refractivity contribution in [2.24, 2.45) is 11.8 Å². The number of unbranched alkanes of at least 4 members (excludes halogenated alkanes) is 1. The van der Waals surface area contributed by atoms with Gasteiger partial charge < -0.3 is 14.9 Å². The zero-order valence-corrected chi connectivity index (χ0v) is 14.1. The molecule has 2 N–H and O–H groups in total. The zero-order valence-electron chi connectivity index (χ0n) is 13.3. The Morgan fingerprint density at radius 1 is 1.17 bits per heavy atom. The number of aliphatic hydroxyl groups excluding tert-OH is 1. The van der Waals surface area contributed by atoms with Gasteiger partial charge in [0.25, 0.3) is 0 Å². The summed E-state index contributed by atoms with van der Waals surface area (Å²) in [6, 6.07) is 0. The maximum Gasteiger partial charge on any atom is 0.303 e. The van der Waals surface area contributed by atoms with Crippen LogP contribution < -0.4 is 0 Å². The molecular formula is C16H26O6S. The van der Waals surface area contributed by atoms with Crippen molar-refractivity contribution in [3.8, 4) is 0 Å². The minimum Gasteiger partial charge on any atom is -0.481 e. The molecule has 2 aliphatic heterocycles. The lowest BCUT2D eigenvalue weighted by atomic mass is 9.78. The number of aliphatic hydroxyl groups is 1. The molecule has 0 radical (unpaired) electrons. The third kappa shape index (κ3) is 5.29. The van der Waals surface area contributed by atoms with Gasteiger partial charge in [0.15, 0.2) is 9.84 Å². The standard InChI is InChI=1S/C16H26O6S/c17-9-10-23(20,21)11-13-12(14-7-8-15(13)22-14)5-3-1-2-4-6-16(18)19/h1,3,12-15,17H,2,4-11H2,(H,18,19)/t12-,13+,14-,15+/m1/s1. The Morgan fingerprint density at radius 2 is 1.87 bits per heavy atom. The number of ether oxygens (including phenoxy) is 1. The maximum atomic E-state index is 12.0. The Hall–Kier alpha value is -0.920. The molecule has 0 aromatic rings. The SMILES string of the molecule is O=C(O)CCCC=CC[C@@H]1[C@H](CS(=O)(=O)CCO)[C@@H]2CC[C@H]1O2. The van der Waals surface area contributed by atoms with Gasteiger partial charge in [-0.1, -0.05) is 12.2 Å².